The second kappa shape index (κ2) is 13.3. The Balaban J connectivity index is 1.19. The fourth-order valence-corrected chi connectivity index (χ4v) is 11.6. The second-order valence-corrected chi connectivity index (χ2v) is 17.1. The van der Waals surface area contributed by atoms with Crippen LogP contribution in [0.3, 0.4) is 0 Å². The summed E-state index contributed by atoms with van der Waals surface area (Å²) >= 11 is 0. The predicted molar refractivity (Wildman–Crippen MR) is 264 cm³/mol. The molecule has 296 valence electrons. The fourth-order valence-electron chi connectivity index (χ4n) is 11.6. The lowest BCUT2D eigenvalue weighted by atomic mass is 9.70. The lowest BCUT2D eigenvalue weighted by Gasteiger charge is -2.32. The third kappa shape index (κ3) is 4.60. The molecular weight excluding hydrogens is 775 g/mol. The normalized spacial score (nSPS) is 13.1. The van der Waals surface area contributed by atoms with Gasteiger partial charge in [0.15, 0.2) is 5.82 Å². The van der Waals surface area contributed by atoms with E-state index in [9.17, 15) is 0 Å². The molecule has 0 N–H and O–H groups in total. The van der Waals surface area contributed by atoms with Gasteiger partial charge in [-0.2, -0.15) is 0 Å². The number of fused-ring (bicyclic) bond motifs is 18. The Kier molecular flexibility index (Phi) is 7.32. The number of rotatable bonds is 4. The maximum Gasteiger partial charge on any atom is 0.161 e. The Hall–Kier alpha value is -8.40. The highest BCUT2D eigenvalue weighted by molar-refractivity contribution is 6.28. The molecule has 0 aliphatic heterocycles. The number of nitrogens with zero attached hydrogens (tertiary/aromatic N) is 3. The van der Waals surface area contributed by atoms with E-state index in [4.69, 9.17) is 9.97 Å². The van der Waals surface area contributed by atoms with Gasteiger partial charge in [-0.3, -0.25) is 0 Å². The van der Waals surface area contributed by atoms with Crippen molar-refractivity contribution in [2.45, 2.75) is 5.41 Å². The van der Waals surface area contributed by atoms with Gasteiger partial charge in [-0.15, -0.1) is 0 Å². The average molecular weight is 812 g/mol. The van der Waals surface area contributed by atoms with Crippen LogP contribution in [-0.4, -0.2) is 14.5 Å². The SMILES string of the molecule is c1ccc(-c2c(-c3nc(-c4ccccc4)c4ccccc4n3)cccc2-n2c3ccccc3c3c4ccccc4c4c(c32)C2(c3ccccc3-c3ccccc32)c2ccccc2-4)cc1. The topological polar surface area (TPSA) is 30.7 Å². The molecule has 0 amide bonds. The predicted octanol–water partition coefficient (Wildman–Crippen LogP) is 15.2. The van der Waals surface area contributed by atoms with Crippen molar-refractivity contribution >= 4 is 43.5 Å². The molecule has 2 aromatic heterocycles. The summed E-state index contributed by atoms with van der Waals surface area (Å²) in [6.45, 7) is 0. The molecule has 14 rings (SSSR count). The first kappa shape index (κ1) is 35.2. The standard InChI is InChI=1S/C61H37N3/c1-3-20-38(21-4-1)54-47(60-62-51-35-17-12-29-45(51)58(63-60)39-22-5-2-6-23-39)31-19-37-53(54)64-52-36-18-13-30-46(52)56-43-27-8-7-26-42(43)55-44-28-11-16-34-50(44)61(57(55)59(56)64)48-32-14-9-24-40(48)41-25-10-15-33-49(41)61/h1-37H. The molecule has 64 heavy (non-hydrogen) atoms. The van der Waals surface area contributed by atoms with Crippen molar-refractivity contribution < 1.29 is 0 Å². The van der Waals surface area contributed by atoms with E-state index in [2.05, 4.69) is 229 Å². The highest BCUT2D eigenvalue weighted by Gasteiger charge is 2.53. The third-order valence-electron chi connectivity index (χ3n) is 14.0. The highest BCUT2D eigenvalue weighted by atomic mass is 15.0. The summed E-state index contributed by atoms with van der Waals surface area (Å²) in [4.78, 5) is 10.9. The van der Waals surface area contributed by atoms with E-state index < -0.39 is 5.41 Å². The van der Waals surface area contributed by atoms with Crippen LogP contribution in [0.15, 0.2) is 224 Å². The minimum atomic E-state index is -0.579. The molecule has 0 saturated carbocycles. The Bertz CT molecular complexity index is 3850. The number of hydrogen-bond acceptors (Lipinski definition) is 2. The van der Waals surface area contributed by atoms with Crippen LogP contribution in [-0.2, 0) is 5.41 Å². The van der Waals surface area contributed by atoms with Gasteiger partial charge in [0.1, 0.15) is 0 Å². The molecule has 1 spiro atoms. The van der Waals surface area contributed by atoms with Crippen molar-refractivity contribution in [2.75, 3.05) is 0 Å². The van der Waals surface area contributed by atoms with Crippen molar-refractivity contribution in [1.82, 2.24) is 14.5 Å². The zero-order chi connectivity index (χ0) is 41.9. The van der Waals surface area contributed by atoms with Crippen molar-refractivity contribution in [3.8, 4) is 61.7 Å². The molecule has 3 heteroatoms. The minimum Gasteiger partial charge on any atom is -0.308 e. The first-order valence-electron chi connectivity index (χ1n) is 22.1. The van der Waals surface area contributed by atoms with E-state index in [-0.39, 0.29) is 0 Å². The monoisotopic (exact) mass is 811 g/mol. The van der Waals surface area contributed by atoms with Crippen LogP contribution in [0.25, 0.3) is 105 Å². The van der Waals surface area contributed by atoms with Crippen molar-refractivity contribution in [2.24, 2.45) is 0 Å². The van der Waals surface area contributed by atoms with Gasteiger partial charge < -0.3 is 4.57 Å². The van der Waals surface area contributed by atoms with Gasteiger partial charge in [0.25, 0.3) is 0 Å². The summed E-state index contributed by atoms with van der Waals surface area (Å²) < 4.78 is 2.60. The number of hydrogen-bond donors (Lipinski definition) is 0. The lowest BCUT2D eigenvalue weighted by molar-refractivity contribution is 0.797. The van der Waals surface area contributed by atoms with Gasteiger partial charge in [0.2, 0.25) is 0 Å². The Morgan fingerprint density at radius 2 is 0.891 bits per heavy atom. The maximum absolute atomic E-state index is 5.49. The first-order valence-corrected chi connectivity index (χ1v) is 22.1. The third-order valence-corrected chi connectivity index (χ3v) is 14.0. The molecule has 0 fully saturated rings. The van der Waals surface area contributed by atoms with Crippen LogP contribution in [0.1, 0.15) is 22.3 Å². The molecule has 0 saturated heterocycles. The molecule has 0 radical (unpaired) electrons. The summed E-state index contributed by atoms with van der Waals surface area (Å²) in [6, 6.07) is 82.0. The van der Waals surface area contributed by atoms with Gasteiger partial charge in [0, 0.05) is 38.4 Å². The van der Waals surface area contributed by atoms with Gasteiger partial charge in [0.05, 0.1) is 33.3 Å². The largest absolute Gasteiger partial charge is 0.308 e. The smallest absolute Gasteiger partial charge is 0.161 e. The molecule has 0 atom stereocenters. The van der Waals surface area contributed by atoms with Gasteiger partial charge in [-0.05, 0) is 73.5 Å². The molecule has 0 bridgehead atoms. The first-order chi connectivity index (χ1) is 31.8. The molecule has 2 heterocycles. The van der Waals surface area contributed by atoms with Crippen molar-refractivity contribution in [1.29, 1.82) is 0 Å². The molecule has 2 aliphatic carbocycles. The van der Waals surface area contributed by atoms with Gasteiger partial charge in [-0.25, -0.2) is 9.97 Å². The number of para-hydroxylation sites is 2. The van der Waals surface area contributed by atoms with Gasteiger partial charge in [-0.1, -0.05) is 206 Å². The summed E-state index contributed by atoms with van der Waals surface area (Å²) in [6.07, 6.45) is 0. The summed E-state index contributed by atoms with van der Waals surface area (Å²) in [5.74, 6) is 0.692. The van der Waals surface area contributed by atoms with Crippen molar-refractivity contribution in [3.63, 3.8) is 0 Å². The lowest BCUT2D eigenvalue weighted by Crippen LogP contribution is -2.26. The average Bonchev–Trinajstić information content (AvgIpc) is 3.99. The summed E-state index contributed by atoms with van der Waals surface area (Å²) in [7, 11) is 0. The van der Waals surface area contributed by atoms with E-state index in [0.717, 1.165) is 50.1 Å². The zero-order valence-electron chi connectivity index (χ0n) is 34.7. The quantitative estimate of drug-likeness (QED) is 0.177. The van der Waals surface area contributed by atoms with E-state index in [1.54, 1.807) is 0 Å². The number of benzene rings is 10. The fraction of sp³-hybridized carbons (Fsp3) is 0.0164. The van der Waals surface area contributed by atoms with Gasteiger partial charge >= 0.3 is 0 Å². The van der Waals surface area contributed by atoms with Crippen LogP contribution in [0.2, 0.25) is 0 Å². The Morgan fingerprint density at radius 1 is 0.359 bits per heavy atom. The van der Waals surface area contributed by atoms with Crippen LogP contribution in [0.5, 0.6) is 0 Å². The van der Waals surface area contributed by atoms with Crippen LogP contribution < -0.4 is 0 Å². The van der Waals surface area contributed by atoms with E-state index in [1.165, 1.54) is 71.6 Å². The van der Waals surface area contributed by atoms with Crippen LogP contribution in [0, 0.1) is 0 Å². The molecule has 10 aromatic carbocycles. The second-order valence-electron chi connectivity index (χ2n) is 17.1. The van der Waals surface area contributed by atoms with E-state index >= 15 is 0 Å². The molecule has 3 nitrogen and oxygen atoms in total. The minimum absolute atomic E-state index is 0.579. The summed E-state index contributed by atoms with van der Waals surface area (Å²) in [5, 5.41) is 6.04. The molecule has 2 aliphatic rings. The highest BCUT2D eigenvalue weighted by Crippen LogP contribution is 2.66. The maximum atomic E-state index is 5.49. The Morgan fingerprint density at radius 3 is 1.61 bits per heavy atom. The molecule has 0 unspecified atom stereocenters. The summed E-state index contributed by atoms with van der Waals surface area (Å²) in [5.41, 5.74) is 19.4. The van der Waals surface area contributed by atoms with E-state index in [0.29, 0.717) is 5.82 Å². The van der Waals surface area contributed by atoms with Crippen LogP contribution in [0.4, 0.5) is 0 Å². The zero-order valence-corrected chi connectivity index (χ0v) is 34.7. The van der Waals surface area contributed by atoms with Crippen LogP contribution >= 0.6 is 0 Å². The Labute approximate surface area is 370 Å². The van der Waals surface area contributed by atoms with E-state index in [1.807, 2.05) is 0 Å². The molecule has 12 aromatic rings. The molecular formula is C61H37N3. The number of aromatic nitrogens is 3. The van der Waals surface area contributed by atoms with Crippen molar-refractivity contribution in [3.05, 3.63) is 247 Å².